The van der Waals surface area contributed by atoms with Crippen molar-refractivity contribution in [2.24, 2.45) is 0 Å². The first-order chi connectivity index (χ1) is 16.0. The van der Waals surface area contributed by atoms with Gasteiger partial charge in [0.2, 0.25) is 0 Å². The van der Waals surface area contributed by atoms with E-state index >= 15 is 0 Å². The first-order valence-corrected chi connectivity index (χ1v) is 15.4. The maximum Gasteiger partial charge on any atom is -0.0279 e. The topological polar surface area (TPSA) is 0 Å². The van der Waals surface area contributed by atoms with Crippen LogP contribution < -0.4 is 0 Å². The molecule has 0 spiro atoms. The molecule has 0 bridgehead atoms. The average molecular weight is 443 g/mol. The molecule has 0 saturated carbocycles. The molecule has 0 heterocycles. The average Bonchev–Trinajstić information content (AvgIpc) is 2.79. The highest BCUT2D eigenvalue weighted by molar-refractivity contribution is 5.31. The highest BCUT2D eigenvalue weighted by atomic mass is 14.1. The SMILES string of the molecule is C1=C(/C2=C/CCCCCCCCCCCCCC2)CCCCCCCCCCCCCC/1. The summed E-state index contributed by atoms with van der Waals surface area (Å²) in [5.41, 5.74) is 3.52. The van der Waals surface area contributed by atoms with Crippen molar-refractivity contribution >= 4 is 0 Å². The largest absolute Gasteiger partial charge is 0.0811 e. The second kappa shape index (κ2) is 21.0. The van der Waals surface area contributed by atoms with Gasteiger partial charge in [-0.15, -0.1) is 0 Å². The van der Waals surface area contributed by atoms with Crippen molar-refractivity contribution < 1.29 is 0 Å². The van der Waals surface area contributed by atoms with Crippen molar-refractivity contribution in [3.05, 3.63) is 23.3 Å². The first kappa shape index (κ1) is 27.7. The summed E-state index contributed by atoms with van der Waals surface area (Å²) in [6, 6.07) is 0. The maximum absolute atomic E-state index is 2.69. The van der Waals surface area contributed by atoms with Gasteiger partial charge >= 0.3 is 0 Å². The highest BCUT2D eigenvalue weighted by Crippen LogP contribution is 2.27. The van der Waals surface area contributed by atoms with Crippen molar-refractivity contribution in [1.29, 1.82) is 0 Å². The molecule has 0 fully saturated rings. The van der Waals surface area contributed by atoms with Crippen molar-refractivity contribution in [3.8, 4) is 0 Å². The summed E-state index contributed by atoms with van der Waals surface area (Å²) < 4.78 is 0. The summed E-state index contributed by atoms with van der Waals surface area (Å²) in [6.45, 7) is 0. The van der Waals surface area contributed by atoms with E-state index < -0.39 is 0 Å². The van der Waals surface area contributed by atoms with Gasteiger partial charge in [-0.2, -0.15) is 0 Å². The minimum atomic E-state index is 1.33. The maximum atomic E-state index is 2.69. The number of rotatable bonds is 1. The lowest BCUT2D eigenvalue weighted by molar-refractivity contribution is 0.535. The van der Waals surface area contributed by atoms with Gasteiger partial charge in [0.05, 0.1) is 0 Å². The number of hydrogen-bond donors (Lipinski definition) is 0. The van der Waals surface area contributed by atoms with Gasteiger partial charge in [-0.1, -0.05) is 141 Å². The number of allylic oxidation sites excluding steroid dienone is 4. The van der Waals surface area contributed by atoms with E-state index in [9.17, 15) is 0 Å². The molecule has 0 aromatic carbocycles. The van der Waals surface area contributed by atoms with Gasteiger partial charge in [0.15, 0.2) is 0 Å². The molecule has 0 aliphatic heterocycles. The lowest BCUT2D eigenvalue weighted by Crippen LogP contribution is -1.95. The molecule has 0 nitrogen and oxygen atoms in total. The zero-order valence-corrected chi connectivity index (χ0v) is 22.0. The van der Waals surface area contributed by atoms with Crippen molar-refractivity contribution in [2.75, 3.05) is 0 Å². The van der Waals surface area contributed by atoms with E-state index in [-0.39, 0.29) is 0 Å². The predicted molar refractivity (Wildman–Crippen MR) is 145 cm³/mol. The molecule has 186 valence electrons. The predicted octanol–water partition coefficient (Wildman–Crippen LogP) is 11.8. The fourth-order valence-electron chi connectivity index (χ4n) is 5.80. The summed E-state index contributed by atoms with van der Waals surface area (Å²) in [5.74, 6) is 0. The van der Waals surface area contributed by atoms with E-state index in [0.29, 0.717) is 0 Å². The van der Waals surface area contributed by atoms with Crippen LogP contribution in [0.5, 0.6) is 0 Å². The van der Waals surface area contributed by atoms with Crippen LogP contribution in [0.2, 0.25) is 0 Å². The molecule has 0 heteroatoms. The van der Waals surface area contributed by atoms with Crippen molar-refractivity contribution in [1.82, 2.24) is 0 Å². The molecule has 0 N–H and O–H groups in total. The fraction of sp³-hybridized carbons (Fsp3) is 0.875. The third-order valence-electron chi connectivity index (χ3n) is 7.99. The molecule has 2 rings (SSSR count). The Balaban J connectivity index is 1.93. The second-order valence-corrected chi connectivity index (χ2v) is 11.0. The summed E-state index contributed by atoms with van der Waals surface area (Å²) in [4.78, 5) is 0. The third-order valence-corrected chi connectivity index (χ3v) is 7.99. The Morgan fingerprint density at radius 3 is 0.750 bits per heavy atom. The van der Waals surface area contributed by atoms with Crippen LogP contribution in [0.4, 0.5) is 0 Å². The van der Waals surface area contributed by atoms with E-state index in [1.165, 1.54) is 180 Å². The quantitative estimate of drug-likeness (QED) is 0.378. The van der Waals surface area contributed by atoms with E-state index in [1.54, 1.807) is 11.1 Å². The van der Waals surface area contributed by atoms with Gasteiger partial charge in [-0.3, -0.25) is 0 Å². The molecular weight excluding hydrogens is 384 g/mol. The summed E-state index contributed by atoms with van der Waals surface area (Å²) in [7, 11) is 0. The van der Waals surface area contributed by atoms with Gasteiger partial charge < -0.3 is 0 Å². The molecule has 0 atom stereocenters. The minimum absolute atomic E-state index is 1.33. The zero-order valence-electron chi connectivity index (χ0n) is 22.0. The molecule has 0 amide bonds. The van der Waals surface area contributed by atoms with E-state index in [4.69, 9.17) is 0 Å². The smallest absolute Gasteiger partial charge is 0.0279 e. The van der Waals surface area contributed by atoms with E-state index in [0.717, 1.165) is 0 Å². The van der Waals surface area contributed by atoms with Gasteiger partial charge in [-0.05, 0) is 62.5 Å². The summed E-state index contributed by atoms with van der Waals surface area (Å²) >= 11 is 0. The van der Waals surface area contributed by atoms with Crippen LogP contribution in [0.3, 0.4) is 0 Å². The molecular formula is C32H58. The lowest BCUT2D eigenvalue weighted by atomic mass is 9.91. The van der Waals surface area contributed by atoms with Crippen LogP contribution in [-0.4, -0.2) is 0 Å². The third kappa shape index (κ3) is 15.3. The molecule has 0 radical (unpaired) electrons. The monoisotopic (exact) mass is 442 g/mol. The van der Waals surface area contributed by atoms with Gasteiger partial charge in [-0.25, -0.2) is 0 Å². The van der Waals surface area contributed by atoms with Gasteiger partial charge in [0, 0.05) is 0 Å². The van der Waals surface area contributed by atoms with Crippen LogP contribution in [-0.2, 0) is 0 Å². The summed E-state index contributed by atoms with van der Waals surface area (Å²) in [5, 5.41) is 0. The van der Waals surface area contributed by atoms with E-state index in [2.05, 4.69) is 12.2 Å². The number of hydrogen-bond acceptors (Lipinski definition) is 0. The van der Waals surface area contributed by atoms with Crippen molar-refractivity contribution in [3.63, 3.8) is 0 Å². The van der Waals surface area contributed by atoms with Crippen LogP contribution in [0, 0.1) is 0 Å². The molecule has 0 saturated heterocycles. The molecule has 0 aromatic heterocycles. The van der Waals surface area contributed by atoms with Crippen LogP contribution in [0.25, 0.3) is 0 Å². The highest BCUT2D eigenvalue weighted by Gasteiger charge is 2.07. The Bertz CT molecular complexity index is 424. The normalized spacial score (nSPS) is 27.5. The zero-order chi connectivity index (χ0) is 22.4. The van der Waals surface area contributed by atoms with Crippen LogP contribution >= 0.6 is 0 Å². The van der Waals surface area contributed by atoms with Crippen LogP contribution in [0.1, 0.15) is 180 Å². The molecule has 2 aliphatic carbocycles. The minimum Gasteiger partial charge on any atom is -0.0811 e. The summed E-state index contributed by atoms with van der Waals surface area (Å²) in [6.07, 6.45) is 45.8. The Morgan fingerprint density at radius 2 is 0.469 bits per heavy atom. The Hall–Kier alpha value is -0.520. The van der Waals surface area contributed by atoms with Gasteiger partial charge in [0.25, 0.3) is 0 Å². The Morgan fingerprint density at radius 1 is 0.250 bits per heavy atom. The molecule has 32 heavy (non-hydrogen) atoms. The fourth-order valence-corrected chi connectivity index (χ4v) is 5.80. The Kier molecular flexibility index (Phi) is 18.2. The van der Waals surface area contributed by atoms with Crippen LogP contribution in [0.15, 0.2) is 23.3 Å². The first-order valence-electron chi connectivity index (χ1n) is 15.4. The standard InChI is InChI=1S/C32H58/c1-3-7-11-15-19-23-27-31(28-24-20-16-12-8-4-1)32-29-25-21-17-13-9-5-2-6-10-14-18-22-26-30-32/h27,29H,1-26,28,30H2/b31-27+,32-29+. The lowest BCUT2D eigenvalue weighted by Gasteiger charge is -2.15. The second-order valence-electron chi connectivity index (χ2n) is 11.0. The molecule has 0 unspecified atom stereocenters. The Labute approximate surface area is 203 Å². The molecule has 2 aliphatic rings. The molecule has 0 aromatic rings. The van der Waals surface area contributed by atoms with E-state index in [1.807, 2.05) is 0 Å². The van der Waals surface area contributed by atoms with Gasteiger partial charge in [0.1, 0.15) is 0 Å². The van der Waals surface area contributed by atoms with Crippen molar-refractivity contribution in [2.45, 2.75) is 180 Å².